The van der Waals surface area contributed by atoms with Gasteiger partial charge in [0.2, 0.25) is 17.7 Å². The summed E-state index contributed by atoms with van der Waals surface area (Å²) in [4.78, 5) is 35.8. The van der Waals surface area contributed by atoms with Crippen LogP contribution in [-0.4, -0.2) is 53.3 Å². The van der Waals surface area contributed by atoms with E-state index in [-0.39, 0.29) is 30.2 Å². The third kappa shape index (κ3) is 6.07. The topological polar surface area (TPSA) is 92.5 Å². The van der Waals surface area contributed by atoms with Gasteiger partial charge in [-0.05, 0) is 12.8 Å². The Morgan fingerprint density at radius 1 is 1.47 bits per heavy atom. The first-order valence-electron chi connectivity index (χ1n) is 6.46. The van der Waals surface area contributed by atoms with Gasteiger partial charge in [0.1, 0.15) is 0 Å². The first-order chi connectivity index (χ1) is 9.02. The van der Waals surface area contributed by atoms with Gasteiger partial charge in [-0.15, -0.1) is 0 Å². The van der Waals surface area contributed by atoms with Crippen molar-refractivity contribution in [2.75, 3.05) is 24.6 Å². The molecule has 1 saturated heterocycles. The monoisotopic (exact) mass is 287 g/mol. The standard InChI is InChI=1S/C12H21N3O3S/c1-2-9(13)7-19-8-11(17)14-10(16)6-15-5-3-4-12(15)18/h9H,2-8,13H2,1H3,(H,14,16,17). The number of hydrogen-bond acceptors (Lipinski definition) is 5. The molecule has 0 saturated carbocycles. The van der Waals surface area contributed by atoms with E-state index >= 15 is 0 Å². The lowest BCUT2D eigenvalue weighted by Gasteiger charge is -2.14. The third-order valence-corrected chi connectivity index (χ3v) is 4.00. The number of rotatable bonds is 7. The Kier molecular flexibility index (Phi) is 6.86. The van der Waals surface area contributed by atoms with E-state index < -0.39 is 5.91 Å². The van der Waals surface area contributed by atoms with Crippen LogP contribution in [0.1, 0.15) is 26.2 Å². The summed E-state index contributed by atoms with van der Waals surface area (Å²) in [5.74, 6) is 0.146. The summed E-state index contributed by atoms with van der Waals surface area (Å²) in [6.07, 6.45) is 2.14. The molecule has 1 unspecified atom stereocenters. The quantitative estimate of drug-likeness (QED) is 0.672. The van der Waals surface area contributed by atoms with Crippen molar-refractivity contribution in [2.45, 2.75) is 32.2 Å². The normalized spacial score (nSPS) is 16.5. The van der Waals surface area contributed by atoms with Gasteiger partial charge < -0.3 is 10.6 Å². The highest BCUT2D eigenvalue weighted by Gasteiger charge is 2.22. The second-order valence-corrected chi connectivity index (χ2v) is 5.60. The number of nitrogens with zero attached hydrogens (tertiary/aromatic N) is 1. The number of amides is 3. The van der Waals surface area contributed by atoms with E-state index in [4.69, 9.17) is 5.73 Å². The second kappa shape index (κ2) is 8.16. The van der Waals surface area contributed by atoms with Gasteiger partial charge in [-0.1, -0.05) is 6.92 Å². The third-order valence-electron chi connectivity index (χ3n) is 2.87. The smallest absolute Gasteiger partial charge is 0.246 e. The van der Waals surface area contributed by atoms with Gasteiger partial charge in [0, 0.05) is 24.8 Å². The molecule has 1 heterocycles. The van der Waals surface area contributed by atoms with Gasteiger partial charge in [0.15, 0.2) is 0 Å². The molecule has 0 radical (unpaired) electrons. The molecule has 7 heteroatoms. The fourth-order valence-electron chi connectivity index (χ4n) is 1.70. The molecule has 19 heavy (non-hydrogen) atoms. The maximum absolute atomic E-state index is 11.5. The van der Waals surface area contributed by atoms with Gasteiger partial charge in [0.05, 0.1) is 12.3 Å². The molecule has 1 aliphatic heterocycles. The number of nitrogens with two attached hydrogens (primary N) is 1. The lowest BCUT2D eigenvalue weighted by Crippen LogP contribution is -2.41. The molecule has 0 aliphatic carbocycles. The minimum Gasteiger partial charge on any atom is -0.333 e. The van der Waals surface area contributed by atoms with Crippen LogP contribution < -0.4 is 11.1 Å². The van der Waals surface area contributed by atoms with Crippen LogP contribution in [-0.2, 0) is 14.4 Å². The van der Waals surface area contributed by atoms with Crippen molar-refractivity contribution in [2.24, 2.45) is 5.73 Å². The van der Waals surface area contributed by atoms with E-state index in [2.05, 4.69) is 5.32 Å². The summed E-state index contributed by atoms with van der Waals surface area (Å²) >= 11 is 1.41. The molecule has 0 aromatic carbocycles. The molecule has 0 aromatic rings. The second-order valence-electron chi connectivity index (χ2n) is 4.57. The molecule has 1 atom stereocenters. The zero-order valence-electron chi connectivity index (χ0n) is 11.2. The van der Waals surface area contributed by atoms with E-state index in [1.54, 1.807) is 0 Å². The van der Waals surface area contributed by atoms with Gasteiger partial charge >= 0.3 is 0 Å². The van der Waals surface area contributed by atoms with Crippen molar-refractivity contribution >= 4 is 29.5 Å². The van der Waals surface area contributed by atoms with E-state index in [1.165, 1.54) is 16.7 Å². The van der Waals surface area contributed by atoms with Crippen LogP contribution in [0.15, 0.2) is 0 Å². The largest absolute Gasteiger partial charge is 0.333 e. The van der Waals surface area contributed by atoms with Gasteiger partial charge in [-0.25, -0.2) is 0 Å². The molecule has 0 bridgehead atoms. The van der Waals surface area contributed by atoms with Crippen molar-refractivity contribution in [3.63, 3.8) is 0 Å². The summed E-state index contributed by atoms with van der Waals surface area (Å²) in [7, 11) is 0. The van der Waals surface area contributed by atoms with Crippen LogP contribution in [0.2, 0.25) is 0 Å². The highest BCUT2D eigenvalue weighted by Crippen LogP contribution is 2.08. The average Bonchev–Trinajstić information content (AvgIpc) is 2.74. The molecular weight excluding hydrogens is 266 g/mol. The number of likely N-dealkylation sites (tertiary alicyclic amines) is 1. The SMILES string of the molecule is CCC(N)CSCC(=O)NC(=O)CN1CCCC1=O. The van der Waals surface area contributed by atoms with Crippen LogP contribution in [0.3, 0.4) is 0 Å². The maximum atomic E-state index is 11.5. The zero-order valence-corrected chi connectivity index (χ0v) is 12.0. The number of thioether (sulfide) groups is 1. The maximum Gasteiger partial charge on any atom is 0.246 e. The minimum atomic E-state index is -0.416. The number of carbonyl (C=O) groups is 3. The Labute approximate surface area is 117 Å². The Morgan fingerprint density at radius 3 is 2.79 bits per heavy atom. The highest BCUT2D eigenvalue weighted by molar-refractivity contribution is 8.00. The average molecular weight is 287 g/mol. The lowest BCUT2D eigenvalue weighted by atomic mass is 10.3. The molecule has 1 aliphatic rings. The Hall–Kier alpha value is -1.08. The minimum absolute atomic E-state index is 0.0223. The molecule has 1 rings (SSSR count). The summed E-state index contributed by atoms with van der Waals surface area (Å²) < 4.78 is 0. The Bertz CT molecular complexity index is 349. The van der Waals surface area contributed by atoms with Crippen molar-refractivity contribution in [1.82, 2.24) is 10.2 Å². The fraction of sp³-hybridized carbons (Fsp3) is 0.750. The molecule has 6 nitrogen and oxygen atoms in total. The predicted octanol–water partition coefficient (Wildman–Crippen LogP) is -0.278. The summed E-state index contributed by atoms with van der Waals surface area (Å²) in [6, 6.07) is 0.0794. The van der Waals surface area contributed by atoms with Crippen LogP contribution in [0.25, 0.3) is 0 Å². The zero-order chi connectivity index (χ0) is 14.3. The van der Waals surface area contributed by atoms with Crippen LogP contribution in [0.4, 0.5) is 0 Å². The molecule has 3 amide bonds. The van der Waals surface area contributed by atoms with E-state index in [0.29, 0.717) is 18.7 Å². The van der Waals surface area contributed by atoms with Gasteiger partial charge in [-0.2, -0.15) is 11.8 Å². The van der Waals surface area contributed by atoms with Crippen LogP contribution >= 0.6 is 11.8 Å². The summed E-state index contributed by atoms with van der Waals surface area (Å²) in [5, 5.41) is 2.29. The molecular formula is C12H21N3O3S. The Balaban J connectivity index is 2.17. The van der Waals surface area contributed by atoms with Crippen molar-refractivity contribution < 1.29 is 14.4 Å². The van der Waals surface area contributed by atoms with E-state index in [9.17, 15) is 14.4 Å². The molecule has 3 N–H and O–H groups in total. The summed E-state index contributed by atoms with van der Waals surface area (Å²) in [5.41, 5.74) is 5.72. The van der Waals surface area contributed by atoms with E-state index in [1.807, 2.05) is 6.92 Å². The van der Waals surface area contributed by atoms with Crippen molar-refractivity contribution in [1.29, 1.82) is 0 Å². The lowest BCUT2D eigenvalue weighted by molar-refractivity contribution is -0.135. The first-order valence-corrected chi connectivity index (χ1v) is 7.62. The summed E-state index contributed by atoms with van der Waals surface area (Å²) in [6.45, 7) is 2.56. The predicted molar refractivity (Wildman–Crippen MR) is 74.6 cm³/mol. The Morgan fingerprint density at radius 2 is 2.21 bits per heavy atom. The van der Waals surface area contributed by atoms with Crippen molar-refractivity contribution in [3.8, 4) is 0 Å². The van der Waals surface area contributed by atoms with Crippen molar-refractivity contribution in [3.05, 3.63) is 0 Å². The molecule has 0 aromatic heterocycles. The van der Waals surface area contributed by atoms with Crippen LogP contribution in [0, 0.1) is 0 Å². The molecule has 1 fully saturated rings. The van der Waals surface area contributed by atoms with Crippen LogP contribution in [0.5, 0.6) is 0 Å². The van der Waals surface area contributed by atoms with Gasteiger partial charge in [-0.3, -0.25) is 19.7 Å². The van der Waals surface area contributed by atoms with Gasteiger partial charge in [0.25, 0.3) is 0 Å². The van der Waals surface area contributed by atoms with E-state index in [0.717, 1.165) is 12.8 Å². The number of hydrogen-bond donors (Lipinski definition) is 2. The number of nitrogens with one attached hydrogen (secondary N) is 1. The first kappa shape index (κ1) is 16.0. The molecule has 0 spiro atoms. The fourth-order valence-corrected chi connectivity index (χ4v) is 2.61. The molecule has 108 valence electrons. The number of imide groups is 1. The highest BCUT2D eigenvalue weighted by atomic mass is 32.2. The number of carbonyl (C=O) groups excluding carboxylic acids is 3.